The first-order chi connectivity index (χ1) is 10.2. The van der Waals surface area contributed by atoms with Gasteiger partial charge < -0.3 is 20.5 Å². The van der Waals surface area contributed by atoms with Crippen LogP contribution in [0.25, 0.3) is 0 Å². The number of ether oxygens (including phenoxy) is 2. The third-order valence-electron chi connectivity index (χ3n) is 3.79. The summed E-state index contributed by atoms with van der Waals surface area (Å²) in [6.07, 6.45) is 6.47. The zero-order valence-electron chi connectivity index (χ0n) is 12.6. The molecule has 0 aliphatic heterocycles. The molecule has 1 saturated carbocycles. The number of hydrogen-bond donors (Lipinski definition) is 2. The summed E-state index contributed by atoms with van der Waals surface area (Å²) in [6.45, 7) is 1.07. The number of anilines is 1. The monoisotopic (exact) mass is 292 g/mol. The Kier molecular flexibility index (Phi) is 5.87. The van der Waals surface area contributed by atoms with Gasteiger partial charge in [0.15, 0.2) is 0 Å². The van der Waals surface area contributed by atoms with E-state index in [2.05, 4.69) is 5.32 Å². The van der Waals surface area contributed by atoms with E-state index in [4.69, 9.17) is 15.2 Å². The zero-order valence-corrected chi connectivity index (χ0v) is 12.6. The number of nitrogen functional groups attached to an aromatic ring is 1. The SMILES string of the molecule is COc1ccc(C(=O)NCCOC2CCCCC2)cc1N. The highest BCUT2D eigenvalue weighted by molar-refractivity contribution is 5.95. The molecule has 1 amide bonds. The van der Waals surface area contributed by atoms with Crippen LogP contribution in [0.4, 0.5) is 5.69 Å². The molecule has 0 aromatic heterocycles. The predicted molar refractivity (Wildman–Crippen MR) is 82.6 cm³/mol. The number of rotatable bonds is 6. The molecule has 21 heavy (non-hydrogen) atoms. The molecule has 1 fully saturated rings. The summed E-state index contributed by atoms with van der Waals surface area (Å²) in [6, 6.07) is 5.02. The van der Waals surface area contributed by atoms with E-state index in [0.717, 1.165) is 12.8 Å². The Morgan fingerprint density at radius 2 is 2.10 bits per heavy atom. The van der Waals surface area contributed by atoms with E-state index >= 15 is 0 Å². The number of nitrogens with one attached hydrogen (secondary N) is 1. The Hall–Kier alpha value is -1.75. The fourth-order valence-corrected chi connectivity index (χ4v) is 2.60. The third-order valence-corrected chi connectivity index (χ3v) is 3.79. The van der Waals surface area contributed by atoms with E-state index < -0.39 is 0 Å². The summed E-state index contributed by atoms with van der Waals surface area (Å²) in [5, 5.41) is 2.84. The van der Waals surface area contributed by atoms with Gasteiger partial charge in [0.25, 0.3) is 5.91 Å². The maximum absolute atomic E-state index is 12.0. The van der Waals surface area contributed by atoms with Crippen LogP contribution in [0.1, 0.15) is 42.5 Å². The van der Waals surface area contributed by atoms with Gasteiger partial charge in [-0.2, -0.15) is 0 Å². The average Bonchev–Trinajstić information content (AvgIpc) is 2.52. The minimum atomic E-state index is -0.142. The molecule has 1 aromatic carbocycles. The van der Waals surface area contributed by atoms with Gasteiger partial charge in [-0.25, -0.2) is 0 Å². The van der Waals surface area contributed by atoms with Crippen molar-refractivity contribution in [3.63, 3.8) is 0 Å². The quantitative estimate of drug-likeness (QED) is 0.623. The lowest BCUT2D eigenvalue weighted by Crippen LogP contribution is -2.29. The maximum Gasteiger partial charge on any atom is 0.251 e. The van der Waals surface area contributed by atoms with E-state index in [-0.39, 0.29) is 5.91 Å². The molecule has 116 valence electrons. The van der Waals surface area contributed by atoms with Crippen molar-refractivity contribution in [2.75, 3.05) is 26.0 Å². The summed E-state index contributed by atoms with van der Waals surface area (Å²) < 4.78 is 10.8. The van der Waals surface area contributed by atoms with Crippen molar-refractivity contribution >= 4 is 11.6 Å². The molecule has 0 spiro atoms. The maximum atomic E-state index is 12.0. The number of carbonyl (C=O) groups excluding carboxylic acids is 1. The minimum Gasteiger partial charge on any atom is -0.495 e. The van der Waals surface area contributed by atoms with Crippen molar-refractivity contribution in [3.05, 3.63) is 23.8 Å². The van der Waals surface area contributed by atoms with Crippen LogP contribution in [0.2, 0.25) is 0 Å². The number of benzene rings is 1. The van der Waals surface area contributed by atoms with E-state index in [1.165, 1.54) is 19.3 Å². The first kappa shape index (κ1) is 15.6. The standard InChI is InChI=1S/C16H24N2O3/c1-20-15-8-7-12(11-14(15)17)16(19)18-9-10-21-13-5-3-2-4-6-13/h7-8,11,13H,2-6,9-10,17H2,1H3,(H,18,19). The van der Waals surface area contributed by atoms with Gasteiger partial charge in [-0.1, -0.05) is 19.3 Å². The van der Waals surface area contributed by atoms with Gasteiger partial charge in [0.2, 0.25) is 0 Å². The van der Waals surface area contributed by atoms with Crippen molar-refractivity contribution < 1.29 is 14.3 Å². The summed E-state index contributed by atoms with van der Waals surface area (Å²) in [4.78, 5) is 12.0. The molecule has 5 heteroatoms. The van der Waals surface area contributed by atoms with Crippen molar-refractivity contribution in [2.45, 2.75) is 38.2 Å². The van der Waals surface area contributed by atoms with Gasteiger partial charge in [0, 0.05) is 12.1 Å². The highest BCUT2D eigenvalue weighted by Crippen LogP contribution is 2.22. The second-order valence-corrected chi connectivity index (χ2v) is 5.34. The van der Waals surface area contributed by atoms with Crippen LogP contribution in [0.3, 0.4) is 0 Å². The fourth-order valence-electron chi connectivity index (χ4n) is 2.60. The van der Waals surface area contributed by atoms with Gasteiger partial charge in [0.05, 0.1) is 25.5 Å². The van der Waals surface area contributed by atoms with Crippen LogP contribution >= 0.6 is 0 Å². The first-order valence-corrected chi connectivity index (χ1v) is 7.54. The number of carbonyl (C=O) groups is 1. The van der Waals surface area contributed by atoms with Crippen LogP contribution in [0.5, 0.6) is 5.75 Å². The molecule has 0 heterocycles. The van der Waals surface area contributed by atoms with Crippen molar-refractivity contribution in [2.24, 2.45) is 0 Å². The molecule has 3 N–H and O–H groups in total. The molecule has 1 aliphatic rings. The van der Waals surface area contributed by atoms with E-state index in [9.17, 15) is 4.79 Å². The molecular weight excluding hydrogens is 268 g/mol. The van der Waals surface area contributed by atoms with Crippen LogP contribution in [0.15, 0.2) is 18.2 Å². The van der Waals surface area contributed by atoms with Crippen LogP contribution in [-0.4, -0.2) is 32.3 Å². The number of methoxy groups -OCH3 is 1. The Bertz CT molecular complexity index is 471. The Labute approximate surface area is 125 Å². The number of amides is 1. The lowest BCUT2D eigenvalue weighted by Gasteiger charge is -2.22. The van der Waals surface area contributed by atoms with Crippen molar-refractivity contribution in [1.29, 1.82) is 0 Å². The molecule has 0 bridgehead atoms. The molecule has 1 aromatic rings. The highest BCUT2D eigenvalue weighted by Gasteiger charge is 2.13. The van der Waals surface area contributed by atoms with Crippen LogP contribution in [-0.2, 0) is 4.74 Å². The lowest BCUT2D eigenvalue weighted by atomic mass is 9.98. The highest BCUT2D eigenvalue weighted by atomic mass is 16.5. The lowest BCUT2D eigenvalue weighted by molar-refractivity contribution is 0.0299. The zero-order chi connectivity index (χ0) is 15.1. The Morgan fingerprint density at radius 3 is 2.76 bits per heavy atom. The third kappa shape index (κ3) is 4.63. The van der Waals surface area contributed by atoms with E-state index in [0.29, 0.717) is 36.3 Å². The molecule has 0 unspecified atom stereocenters. The smallest absolute Gasteiger partial charge is 0.251 e. The molecule has 2 rings (SSSR count). The van der Waals surface area contributed by atoms with Gasteiger partial charge in [-0.3, -0.25) is 4.79 Å². The molecule has 5 nitrogen and oxygen atoms in total. The Morgan fingerprint density at radius 1 is 1.33 bits per heavy atom. The average molecular weight is 292 g/mol. The topological polar surface area (TPSA) is 73.6 Å². The fraction of sp³-hybridized carbons (Fsp3) is 0.562. The number of nitrogens with two attached hydrogens (primary N) is 1. The molecule has 0 atom stereocenters. The van der Waals surface area contributed by atoms with Gasteiger partial charge in [-0.15, -0.1) is 0 Å². The molecular formula is C16H24N2O3. The summed E-state index contributed by atoms with van der Waals surface area (Å²) >= 11 is 0. The van der Waals surface area contributed by atoms with Gasteiger partial charge >= 0.3 is 0 Å². The van der Waals surface area contributed by atoms with Gasteiger partial charge in [-0.05, 0) is 31.0 Å². The van der Waals surface area contributed by atoms with Crippen molar-refractivity contribution in [1.82, 2.24) is 5.32 Å². The van der Waals surface area contributed by atoms with Gasteiger partial charge in [0.1, 0.15) is 5.75 Å². The molecule has 0 radical (unpaired) electrons. The Balaban J connectivity index is 1.72. The minimum absolute atomic E-state index is 0.142. The summed E-state index contributed by atoms with van der Waals surface area (Å²) in [7, 11) is 1.55. The van der Waals surface area contributed by atoms with E-state index in [1.54, 1.807) is 25.3 Å². The second kappa shape index (κ2) is 7.88. The molecule has 0 saturated heterocycles. The summed E-state index contributed by atoms with van der Waals surface area (Å²) in [5.74, 6) is 0.434. The largest absolute Gasteiger partial charge is 0.495 e. The first-order valence-electron chi connectivity index (χ1n) is 7.54. The summed E-state index contributed by atoms with van der Waals surface area (Å²) in [5.41, 5.74) is 6.79. The normalized spacial score (nSPS) is 15.7. The predicted octanol–water partition coefficient (Wildman–Crippen LogP) is 2.36. The number of hydrogen-bond acceptors (Lipinski definition) is 4. The second-order valence-electron chi connectivity index (χ2n) is 5.34. The van der Waals surface area contributed by atoms with E-state index in [1.807, 2.05) is 0 Å². The van der Waals surface area contributed by atoms with Crippen LogP contribution < -0.4 is 15.8 Å². The molecule has 1 aliphatic carbocycles. The van der Waals surface area contributed by atoms with Crippen LogP contribution in [0, 0.1) is 0 Å². The van der Waals surface area contributed by atoms with Crippen molar-refractivity contribution in [3.8, 4) is 5.75 Å².